The maximum absolute atomic E-state index is 6.18. The van der Waals surface area contributed by atoms with E-state index < -0.39 is 0 Å². The number of nitrogens with one attached hydrogen (secondary N) is 1. The molecule has 3 heteroatoms. The zero-order valence-electron chi connectivity index (χ0n) is 9.45. The standard InChI is InChI=1S/C13H19BrN2/c14-12-8-4-3-7-11(12)13(15)9-16-10-5-1-2-6-10/h3-4,7-8,10,13,16H,1-2,5-6,9,15H2. The van der Waals surface area contributed by atoms with Crippen LogP contribution < -0.4 is 11.1 Å². The average molecular weight is 283 g/mol. The van der Waals surface area contributed by atoms with Crippen molar-refractivity contribution in [3.8, 4) is 0 Å². The molecule has 1 aromatic rings. The van der Waals surface area contributed by atoms with Crippen LogP contribution in [0.1, 0.15) is 37.3 Å². The Morgan fingerprint density at radius 3 is 2.69 bits per heavy atom. The maximum Gasteiger partial charge on any atom is 0.0433 e. The lowest BCUT2D eigenvalue weighted by Crippen LogP contribution is -2.33. The Labute approximate surface area is 106 Å². The fourth-order valence-electron chi connectivity index (χ4n) is 2.31. The summed E-state index contributed by atoms with van der Waals surface area (Å²) in [5.74, 6) is 0. The lowest BCUT2D eigenvalue weighted by molar-refractivity contribution is 0.492. The van der Waals surface area contributed by atoms with Crippen molar-refractivity contribution >= 4 is 15.9 Å². The van der Waals surface area contributed by atoms with Crippen LogP contribution in [0.25, 0.3) is 0 Å². The van der Waals surface area contributed by atoms with Gasteiger partial charge in [-0.3, -0.25) is 0 Å². The normalized spacial score (nSPS) is 18.9. The molecular formula is C13H19BrN2. The Kier molecular flexibility index (Phi) is 4.38. The zero-order valence-corrected chi connectivity index (χ0v) is 11.0. The van der Waals surface area contributed by atoms with E-state index in [9.17, 15) is 0 Å². The van der Waals surface area contributed by atoms with E-state index in [0.29, 0.717) is 6.04 Å². The number of hydrogen-bond donors (Lipinski definition) is 2. The highest BCUT2D eigenvalue weighted by molar-refractivity contribution is 9.10. The van der Waals surface area contributed by atoms with Crippen molar-refractivity contribution in [2.45, 2.75) is 37.8 Å². The van der Waals surface area contributed by atoms with Crippen LogP contribution in [0.5, 0.6) is 0 Å². The molecule has 0 saturated heterocycles. The minimum Gasteiger partial charge on any atom is -0.323 e. The Bertz CT molecular complexity index is 334. The second-order valence-electron chi connectivity index (χ2n) is 4.52. The maximum atomic E-state index is 6.18. The summed E-state index contributed by atoms with van der Waals surface area (Å²) in [7, 11) is 0. The molecule has 0 bridgehead atoms. The molecule has 2 nitrogen and oxygen atoms in total. The Hall–Kier alpha value is -0.380. The van der Waals surface area contributed by atoms with Gasteiger partial charge in [-0.05, 0) is 24.5 Å². The molecule has 1 atom stereocenters. The van der Waals surface area contributed by atoms with Crippen molar-refractivity contribution in [1.82, 2.24) is 5.32 Å². The second-order valence-corrected chi connectivity index (χ2v) is 5.37. The van der Waals surface area contributed by atoms with Gasteiger partial charge in [-0.2, -0.15) is 0 Å². The molecule has 0 spiro atoms. The van der Waals surface area contributed by atoms with E-state index in [1.807, 2.05) is 18.2 Å². The summed E-state index contributed by atoms with van der Waals surface area (Å²) in [5.41, 5.74) is 7.37. The van der Waals surface area contributed by atoms with Gasteiger partial charge in [0.25, 0.3) is 0 Å². The molecule has 0 heterocycles. The molecule has 1 aliphatic carbocycles. The third-order valence-electron chi connectivity index (χ3n) is 3.29. The summed E-state index contributed by atoms with van der Waals surface area (Å²) >= 11 is 3.54. The van der Waals surface area contributed by atoms with Gasteiger partial charge in [0, 0.05) is 23.1 Å². The molecule has 1 aromatic carbocycles. The molecule has 1 saturated carbocycles. The third-order valence-corrected chi connectivity index (χ3v) is 4.01. The monoisotopic (exact) mass is 282 g/mol. The second kappa shape index (κ2) is 5.80. The van der Waals surface area contributed by atoms with Gasteiger partial charge in [-0.15, -0.1) is 0 Å². The SMILES string of the molecule is NC(CNC1CCCC1)c1ccccc1Br. The van der Waals surface area contributed by atoms with Crippen molar-refractivity contribution in [1.29, 1.82) is 0 Å². The predicted molar refractivity (Wildman–Crippen MR) is 71.3 cm³/mol. The van der Waals surface area contributed by atoms with Gasteiger partial charge in [-0.1, -0.05) is 47.0 Å². The van der Waals surface area contributed by atoms with E-state index in [0.717, 1.165) is 11.0 Å². The van der Waals surface area contributed by atoms with Crippen LogP contribution >= 0.6 is 15.9 Å². The lowest BCUT2D eigenvalue weighted by Gasteiger charge is -2.18. The van der Waals surface area contributed by atoms with Gasteiger partial charge >= 0.3 is 0 Å². The van der Waals surface area contributed by atoms with E-state index >= 15 is 0 Å². The average Bonchev–Trinajstić information content (AvgIpc) is 2.79. The van der Waals surface area contributed by atoms with E-state index in [-0.39, 0.29) is 6.04 Å². The van der Waals surface area contributed by atoms with Gasteiger partial charge in [0.15, 0.2) is 0 Å². The van der Waals surface area contributed by atoms with Crippen LogP contribution in [0.4, 0.5) is 0 Å². The molecule has 0 aliphatic heterocycles. The van der Waals surface area contributed by atoms with E-state index in [1.165, 1.54) is 31.2 Å². The Morgan fingerprint density at radius 2 is 2.00 bits per heavy atom. The highest BCUT2D eigenvalue weighted by atomic mass is 79.9. The first kappa shape index (κ1) is 12.1. The fourth-order valence-corrected chi connectivity index (χ4v) is 2.89. The lowest BCUT2D eigenvalue weighted by atomic mass is 10.1. The third kappa shape index (κ3) is 3.06. The van der Waals surface area contributed by atoms with E-state index in [4.69, 9.17) is 5.73 Å². The molecule has 0 amide bonds. The van der Waals surface area contributed by atoms with E-state index in [1.54, 1.807) is 0 Å². The molecular weight excluding hydrogens is 264 g/mol. The molecule has 3 N–H and O–H groups in total. The van der Waals surface area contributed by atoms with Crippen molar-refractivity contribution in [3.63, 3.8) is 0 Å². The summed E-state index contributed by atoms with van der Waals surface area (Å²) < 4.78 is 1.11. The summed E-state index contributed by atoms with van der Waals surface area (Å²) in [6.45, 7) is 0.868. The van der Waals surface area contributed by atoms with Gasteiger partial charge in [0.2, 0.25) is 0 Å². The molecule has 0 aromatic heterocycles. The number of benzene rings is 1. The van der Waals surface area contributed by atoms with Crippen LogP contribution in [-0.2, 0) is 0 Å². The van der Waals surface area contributed by atoms with E-state index in [2.05, 4.69) is 27.3 Å². The first-order valence-electron chi connectivity index (χ1n) is 6.01. The van der Waals surface area contributed by atoms with Crippen molar-refractivity contribution in [3.05, 3.63) is 34.3 Å². The topological polar surface area (TPSA) is 38.0 Å². The highest BCUT2D eigenvalue weighted by Gasteiger charge is 2.16. The first-order chi connectivity index (χ1) is 7.77. The first-order valence-corrected chi connectivity index (χ1v) is 6.80. The predicted octanol–water partition coefficient (Wildman–Crippen LogP) is 2.98. The molecule has 16 heavy (non-hydrogen) atoms. The number of rotatable bonds is 4. The molecule has 1 aliphatic rings. The zero-order chi connectivity index (χ0) is 11.4. The van der Waals surface area contributed by atoms with Crippen molar-refractivity contribution < 1.29 is 0 Å². The summed E-state index contributed by atoms with van der Waals surface area (Å²) in [4.78, 5) is 0. The summed E-state index contributed by atoms with van der Waals surface area (Å²) in [6, 6.07) is 8.96. The van der Waals surface area contributed by atoms with Crippen molar-refractivity contribution in [2.75, 3.05) is 6.54 Å². The smallest absolute Gasteiger partial charge is 0.0433 e. The molecule has 88 valence electrons. The van der Waals surface area contributed by atoms with Crippen LogP contribution in [0, 0.1) is 0 Å². The number of halogens is 1. The van der Waals surface area contributed by atoms with Crippen LogP contribution in [0.15, 0.2) is 28.7 Å². The minimum atomic E-state index is 0.0798. The van der Waals surface area contributed by atoms with Crippen molar-refractivity contribution in [2.24, 2.45) is 5.73 Å². The fraction of sp³-hybridized carbons (Fsp3) is 0.538. The quantitative estimate of drug-likeness (QED) is 0.891. The molecule has 1 unspecified atom stereocenters. The highest BCUT2D eigenvalue weighted by Crippen LogP contribution is 2.22. The molecule has 0 radical (unpaired) electrons. The minimum absolute atomic E-state index is 0.0798. The van der Waals surface area contributed by atoms with Crippen LogP contribution in [0.3, 0.4) is 0 Å². The van der Waals surface area contributed by atoms with Crippen LogP contribution in [0.2, 0.25) is 0 Å². The van der Waals surface area contributed by atoms with Gasteiger partial charge in [-0.25, -0.2) is 0 Å². The number of hydrogen-bond acceptors (Lipinski definition) is 2. The molecule has 2 rings (SSSR count). The van der Waals surface area contributed by atoms with Crippen LogP contribution in [-0.4, -0.2) is 12.6 Å². The van der Waals surface area contributed by atoms with Gasteiger partial charge in [0.1, 0.15) is 0 Å². The Morgan fingerprint density at radius 1 is 1.31 bits per heavy atom. The summed E-state index contributed by atoms with van der Waals surface area (Å²) in [5, 5.41) is 3.56. The molecule has 1 fully saturated rings. The largest absolute Gasteiger partial charge is 0.323 e. The number of nitrogens with two attached hydrogens (primary N) is 1. The van der Waals surface area contributed by atoms with Gasteiger partial charge < -0.3 is 11.1 Å². The summed E-state index contributed by atoms with van der Waals surface area (Å²) in [6.07, 6.45) is 5.34. The van der Waals surface area contributed by atoms with Gasteiger partial charge in [0.05, 0.1) is 0 Å². The Balaban J connectivity index is 1.87.